The van der Waals surface area contributed by atoms with Gasteiger partial charge in [0.15, 0.2) is 0 Å². The minimum Gasteiger partial charge on any atom is -0.393 e. The summed E-state index contributed by atoms with van der Waals surface area (Å²) in [5.41, 5.74) is 13.3. The summed E-state index contributed by atoms with van der Waals surface area (Å²) in [6.45, 7) is 0. The van der Waals surface area contributed by atoms with Crippen LogP contribution in [0.15, 0.2) is 5.11 Å². The highest BCUT2D eigenvalue weighted by Crippen LogP contribution is 2.26. The summed E-state index contributed by atoms with van der Waals surface area (Å²) in [5, 5.41) is 12.9. The van der Waals surface area contributed by atoms with E-state index >= 15 is 0 Å². The Morgan fingerprint density at radius 3 is 2.77 bits per heavy atom. The van der Waals surface area contributed by atoms with Gasteiger partial charge in [-0.25, -0.2) is 0 Å². The fraction of sp³-hybridized carbons (Fsp3) is 0.857. The first-order chi connectivity index (χ1) is 6.15. The molecule has 0 aliphatic heterocycles. The van der Waals surface area contributed by atoms with Crippen LogP contribution in [-0.2, 0) is 4.79 Å². The van der Waals surface area contributed by atoms with Crippen LogP contribution in [-0.4, -0.2) is 23.2 Å². The molecule has 3 N–H and O–H groups in total. The maximum absolute atomic E-state index is 10.8. The first-order valence-corrected chi connectivity index (χ1v) is 4.16. The van der Waals surface area contributed by atoms with Crippen LogP contribution in [0, 0.1) is 5.92 Å². The van der Waals surface area contributed by atoms with Crippen molar-refractivity contribution in [1.82, 2.24) is 0 Å². The monoisotopic (exact) mass is 184 g/mol. The fourth-order valence-corrected chi connectivity index (χ4v) is 1.59. The van der Waals surface area contributed by atoms with E-state index in [1.807, 2.05) is 0 Å². The maximum atomic E-state index is 10.8. The van der Waals surface area contributed by atoms with Crippen LogP contribution >= 0.6 is 0 Å². The number of carbonyl (C=O) groups excluding carboxylic acids is 1. The number of aliphatic hydroxyl groups is 1. The second kappa shape index (κ2) is 4.11. The van der Waals surface area contributed by atoms with Gasteiger partial charge in [0, 0.05) is 10.8 Å². The lowest BCUT2D eigenvalue weighted by Gasteiger charge is -2.28. The van der Waals surface area contributed by atoms with Crippen molar-refractivity contribution in [2.75, 3.05) is 0 Å². The molecule has 6 nitrogen and oxygen atoms in total. The predicted octanol–water partition coefficient (Wildman–Crippen LogP) is 0.312. The number of hydrogen-bond donors (Lipinski definition) is 2. The Morgan fingerprint density at radius 2 is 2.31 bits per heavy atom. The molecular formula is C7H12N4O2. The zero-order valence-corrected chi connectivity index (χ0v) is 7.13. The Balaban J connectivity index is 2.56. The minimum absolute atomic E-state index is 0.278. The molecule has 0 heterocycles. The van der Waals surface area contributed by atoms with Gasteiger partial charge in [0.1, 0.15) is 0 Å². The summed E-state index contributed by atoms with van der Waals surface area (Å²) in [5.74, 6) is -0.668. The van der Waals surface area contributed by atoms with E-state index in [2.05, 4.69) is 10.0 Å². The van der Waals surface area contributed by atoms with Crippen LogP contribution in [0.1, 0.15) is 19.3 Å². The van der Waals surface area contributed by atoms with Crippen molar-refractivity contribution in [2.45, 2.75) is 31.4 Å². The Morgan fingerprint density at radius 1 is 1.62 bits per heavy atom. The molecule has 1 aliphatic carbocycles. The predicted molar refractivity (Wildman–Crippen MR) is 45.5 cm³/mol. The average molecular weight is 184 g/mol. The zero-order chi connectivity index (χ0) is 9.84. The molecule has 0 aromatic carbocycles. The van der Waals surface area contributed by atoms with Gasteiger partial charge in [-0.1, -0.05) is 5.11 Å². The molecule has 0 spiro atoms. The second-order valence-corrected chi connectivity index (χ2v) is 3.25. The lowest BCUT2D eigenvalue weighted by Crippen LogP contribution is -2.37. The number of amides is 1. The number of aliphatic hydroxyl groups excluding tert-OH is 1. The number of hydrogen-bond acceptors (Lipinski definition) is 3. The van der Waals surface area contributed by atoms with E-state index in [1.165, 1.54) is 0 Å². The minimum atomic E-state index is -0.734. The van der Waals surface area contributed by atoms with Gasteiger partial charge in [-0.15, -0.1) is 0 Å². The highest BCUT2D eigenvalue weighted by Gasteiger charge is 2.30. The number of primary amides is 1. The highest BCUT2D eigenvalue weighted by atomic mass is 16.3. The highest BCUT2D eigenvalue weighted by molar-refractivity contribution is 5.76. The van der Waals surface area contributed by atoms with Gasteiger partial charge in [0.25, 0.3) is 0 Å². The van der Waals surface area contributed by atoms with Crippen molar-refractivity contribution in [3.63, 3.8) is 0 Å². The third kappa shape index (κ3) is 2.34. The Labute approximate surface area is 75.4 Å². The lowest BCUT2D eigenvalue weighted by atomic mass is 9.84. The largest absolute Gasteiger partial charge is 0.393 e. The molecule has 1 saturated carbocycles. The van der Waals surface area contributed by atoms with Crippen LogP contribution in [0.4, 0.5) is 0 Å². The van der Waals surface area contributed by atoms with Crippen LogP contribution < -0.4 is 5.73 Å². The van der Waals surface area contributed by atoms with Crippen molar-refractivity contribution in [3.05, 3.63) is 10.4 Å². The smallest absolute Gasteiger partial charge is 0.220 e. The summed E-state index contributed by atoms with van der Waals surface area (Å²) < 4.78 is 0. The molecule has 0 aromatic rings. The van der Waals surface area contributed by atoms with E-state index in [-0.39, 0.29) is 5.92 Å². The van der Waals surface area contributed by atoms with Crippen molar-refractivity contribution < 1.29 is 9.90 Å². The number of carbonyl (C=O) groups is 1. The van der Waals surface area contributed by atoms with Gasteiger partial charge in [-0.2, -0.15) is 0 Å². The summed E-state index contributed by atoms with van der Waals surface area (Å²) in [6.07, 6.45) is 0.690. The molecule has 0 bridgehead atoms. The molecule has 0 saturated heterocycles. The number of rotatable bonds is 2. The molecule has 1 fully saturated rings. The quantitative estimate of drug-likeness (QED) is 0.365. The van der Waals surface area contributed by atoms with Crippen molar-refractivity contribution >= 4 is 5.91 Å². The van der Waals surface area contributed by atoms with Crippen LogP contribution in [0.25, 0.3) is 10.4 Å². The lowest BCUT2D eigenvalue weighted by molar-refractivity contribution is -0.124. The van der Waals surface area contributed by atoms with Gasteiger partial charge in [-0.3, -0.25) is 4.79 Å². The third-order valence-corrected chi connectivity index (χ3v) is 2.38. The van der Waals surface area contributed by atoms with Crippen molar-refractivity contribution in [3.8, 4) is 0 Å². The van der Waals surface area contributed by atoms with Crippen LogP contribution in [0.3, 0.4) is 0 Å². The molecule has 3 atom stereocenters. The van der Waals surface area contributed by atoms with E-state index in [0.29, 0.717) is 19.3 Å². The van der Waals surface area contributed by atoms with Crippen molar-refractivity contribution in [1.29, 1.82) is 0 Å². The molecule has 1 amide bonds. The van der Waals surface area contributed by atoms with Crippen LogP contribution in [0.2, 0.25) is 0 Å². The molecule has 3 unspecified atom stereocenters. The standard InChI is InChI=1S/C7H12N4O2/c8-7(13)4-1-2-5(10-11-9)6(12)3-4/h4-6,12H,1-3H2,(H2,8,13). The SMILES string of the molecule is [N-]=[N+]=NC1CCC(C(N)=O)CC1O. The first kappa shape index (κ1) is 9.83. The van der Waals surface area contributed by atoms with E-state index in [0.717, 1.165) is 0 Å². The van der Waals surface area contributed by atoms with Crippen molar-refractivity contribution in [2.24, 2.45) is 16.8 Å². The summed E-state index contributed by atoms with van der Waals surface area (Å²) >= 11 is 0. The van der Waals surface area contributed by atoms with Gasteiger partial charge in [0.05, 0.1) is 12.1 Å². The molecule has 1 aliphatic rings. The Kier molecular flexibility index (Phi) is 3.11. The second-order valence-electron chi connectivity index (χ2n) is 3.25. The average Bonchev–Trinajstić information content (AvgIpc) is 2.08. The molecule has 0 radical (unpaired) electrons. The first-order valence-electron chi connectivity index (χ1n) is 4.16. The topological polar surface area (TPSA) is 112 Å². The molecular weight excluding hydrogens is 172 g/mol. The van der Waals surface area contributed by atoms with Gasteiger partial charge in [0.2, 0.25) is 5.91 Å². The van der Waals surface area contributed by atoms with E-state index < -0.39 is 18.1 Å². The van der Waals surface area contributed by atoms with E-state index in [9.17, 15) is 9.90 Å². The zero-order valence-electron chi connectivity index (χ0n) is 7.13. The summed E-state index contributed by atoms with van der Waals surface area (Å²) in [4.78, 5) is 13.4. The molecule has 72 valence electrons. The molecule has 1 rings (SSSR count). The van der Waals surface area contributed by atoms with Crippen LogP contribution in [0.5, 0.6) is 0 Å². The Bertz CT molecular complexity index is 249. The summed E-state index contributed by atoms with van der Waals surface area (Å²) in [6, 6.07) is -0.402. The fourth-order valence-electron chi connectivity index (χ4n) is 1.59. The van der Waals surface area contributed by atoms with Gasteiger partial charge < -0.3 is 10.8 Å². The molecule has 6 heteroatoms. The number of nitrogens with zero attached hydrogens (tertiary/aromatic N) is 3. The van der Waals surface area contributed by atoms with E-state index in [1.54, 1.807) is 0 Å². The molecule has 0 aromatic heterocycles. The number of azide groups is 1. The Hall–Kier alpha value is -1.26. The maximum Gasteiger partial charge on any atom is 0.220 e. The molecule has 13 heavy (non-hydrogen) atoms. The number of nitrogens with two attached hydrogens (primary N) is 1. The normalized spacial score (nSPS) is 33.5. The van der Waals surface area contributed by atoms with Gasteiger partial charge in [-0.05, 0) is 24.8 Å². The summed E-state index contributed by atoms with van der Waals surface area (Å²) in [7, 11) is 0. The van der Waals surface area contributed by atoms with Gasteiger partial charge >= 0.3 is 0 Å². The van der Waals surface area contributed by atoms with E-state index in [4.69, 9.17) is 11.3 Å². The third-order valence-electron chi connectivity index (χ3n) is 2.38.